The molecule has 11 rings (SSSR count). The van der Waals surface area contributed by atoms with Gasteiger partial charge in [-0.3, -0.25) is 0 Å². The van der Waals surface area contributed by atoms with Crippen LogP contribution < -0.4 is 0 Å². The molecular weight excluding hydrogens is 671 g/mol. The van der Waals surface area contributed by atoms with Gasteiger partial charge in [-0.1, -0.05) is 109 Å². The molecule has 0 amide bonds. The van der Waals surface area contributed by atoms with E-state index < -0.39 is 0 Å². The Morgan fingerprint density at radius 1 is 0.327 bits per heavy atom. The first-order chi connectivity index (χ1) is 27.2. The first-order valence-corrected chi connectivity index (χ1v) is 18.3. The fourth-order valence-electron chi connectivity index (χ4n) is 8.74. The minimum absolute atomic E-state index is 0.482. The monoisotopic (exact) mass is 699 g/mol. The lowest BCUT2D eigenvalue weighted by Gasteiger charge is -2.16. The molecule has 0 saturated carbocycles. The van der Waals surface area contributed by atoms with Crippen LogP contribution in [0.5, 0.6) is 0 Å². The Balaban J connectivity index is 1.16. The average Bonchev–Trinajstić information content (AvgIpc) is 3.88. The second-order valence-electron chi connectivity index (χ2n) is 14.0. The Labute approximate surface area is 316 Å². The molecule has 0 bridgehead atoms. The maximum absolute atomic E-state index is 11.0. The van der Waals surface area contributed by atoms with Gasteiger partial charge in [0.25, 0.3) is 0 Å². The standard InChI is InChI=1S/C50H29N5/c51-30-32-26-48(54-44-19-9-5-14-36(44)37-15-6-10-20-45(37)54)42(31-52)49(27-32)55-46-21-11-7-17-39(46)41-28-33(23-25-47(41)55)34-22-24-40-38-16-4-8-18-43(38)53(50(40)29-34)35-12-2-1-3-13-35/h1-29H. The van der Waals surface area contributed by atoms with E-state index in [4.69, 9.17) is 0 Å². The van der Waals surface area contributed by atoms with Gasteiger partial charge in [-0.15, -0.1) is 0 Å². The molecule has 0 aliphatic rings. The van der Waals surface area contributed by atoms with Crippen LogP contribution in [0.25, 0.3) is 93.6 Å². The van der Waals surface area contributed by atoms with Gasteiger partial charge in [-0.25, -0.2) is 0 Å². The van der Waals surface area contributed by atoms with Gasteiger partial charge in [-0.2, -0.15) is 10.5 Å². The molecule has 5 heteroatoms. The molecule has 0 saturated heterocycles. The van der Waals surface area contributed by atoms with Crippen molar-refractivity contribution in [2.75, 3.05) is 0 Å². The highest BCUT2D eigenvalue weighted by molar-refractivity contribution is 6.13. The molecule has 3 aromatic heterocycles. The molecular formula is C50H29N5. The summed E-state index contributed by atoms with van der Waals surface area (Å²) in [7, 11) is 0. The van der Waals surface area contributed by atoms with Crippen LogP contribution in [0.1, 0.15) is 11.1 Å². The summed E-state index contributed by atoms with van der Waals surface area (Å²) in [6.07, 6.45) is 0. The number of nitrogens with zero attached hydrogens (tertiary/aromatic N) is 5. The maximum atomic E-state index is 11.0. The van der Waals surface area contributed by atoms with E-state index in [1.165, 1.54) is 16.3 Å². The van der Waals surface area contributed by atoms with Crippen molar-refractivity contribution in [1.82, 2.24) is 13.7 Å². The highest BCUT2D eigenvalue weighted by Crippen LogP contribution is 2.40. The Bertz CT molecular complexity index is 3400. The SMILES string of the molecule is N#Cc1cc(-n2c3ccccc3c3ccccc32)c(C#N)c(-n2c3ccccc3c3cc(-c4ccc5c6ccccc6n(-c6ccccc6)c5c4)ccc32)c1. The smallest absolute Gasteiger partial charge is 0.104 e. The van der Waals surface area contributed by atoms with Crippen LogP contribution in [0.4, 0.5) is 0 Å². The summed E-state index contributed by atoms with van der Waals surface area (Å²) in [5.41, 5.74) is 11.9. The van der Waals surface area contributed by atoms with Crippen LogP contribution in [0, 0.1) is 22.7 Å². The Morgan fingerprint density at radius 2 is 0.764 bits per heavy atom. The second kappa shape index (κ2) is 11.8. The number of aromatic nitrogens is 3. The van der Waals surface area contributed by atoms with Crippen molar-refractivity contribution in [3.05, 3.63) is 187 Å². The lowest BCUT2D eigenvalue weighted by molar-refractivity contribution is 1.11. The zero-order chi connectivity index (χ0) is 36.6. The molecule has 0 N–H and O–H groups in total. The molecule has 5 nitrogen and oxygen atoms in total. The molecule has 0 radical (unpaired) electrons. The highest BCUT2D eigenvalue weighted by Gasteiger charge is 2.22. The third kappa shape index (κ3) is 4.45. The third-order valence-corrected chi connectivity index (χ3v) is 11.1. The van der Waals surface area contributed by atoms with E-state index in [9.17, 15) is 10.5 Å². The zero-order valence-electron chi connectivity index (χ0n) is 29.5. The largest absolute Gasteiger partial charge is 0.309 e. The number of hydrogen-bond acceptors (Lipinski definition) is 2. The van der Waals surface area contributed by atoms with Crippen molar-refractivity contribution in [2.24, 2.45) is 0 Å². The van der Waals surface area contributed by atoms with Crippen LogP contribution in [-0.2, 0) is 0 Å². The first-order valence-electron chi connectivity index (χ1n) is 18.3. The van der Waals surface area contributed by atoms with Crippen LogP contribution >= 0.6 is 0 Å². The Kier molecular flexibility index (Phi) is 6.61. The number of hydrogen-bond donors (Lipinski definition) is 0. The van der Waals surface area contributed by atoms with Crippen molar-refractivity contribution < 1.29 is 0 Å². The highest BCUT2D eigenvalue weighted by atomic mass is 15.0. The average molecular weight is 700 g/mol. The normalized spacial score (nSPS) is 11.6. The molecule has 0 aliphatic heterocycles. The summed E-state index contributed by atoms with van der Waals surface area (Å²) >= 11 is 0. The van der Waals surface area contributed by atoms with E-state index in [-0.39, 0.29) is 0 Å². The summed E-state index contributed by atoms with van der Waals surface area (Å²) < 4.78 is 6.63. The lowest BCUT2D eigenvalue weighted by Crippen LogP contribution is -2.05. The van der Waals surface area contributed by atoms with Gasteiger partial charge >= 0.3 is 0 Å². The van der Waals surface area contributed by atoms with Crippen LogP contribution in [-0.4, -0.2) is 13.7 Å². The predicted molar refractivity (Wildman–Crippen MR) is 224 cm³/mol. The van der Waals surface area contributed by atoms with Gasteiger partial charge in [0.15, 0.2) is 0 Å². The molecule has 0 atom stereocenters. The molecule has 254 valence electrons. The van der Waals surface area contributed by atoms with Crippen LogP contribution in [0.3, 0.4) is 0 Å². The predicted octanol–water partition coefficient (Wildman–Crippen LogP) is 12.4. The van der Waals surface area contributed by atoms with E-state index in [1.54, 1.807) is 0 Å². The van der Waals surface area contributed by atoms with E-state index in [0.717, 1.165) is 65.9 Å². The minimum atomic E-state index is 0.482. The molecule has 8 aromatic carbocycles. The van der Waals surface area contributed by atoms with E-state index in [2.05, 4.69) is 159 Å². The second-order valence-corrected chi connectivity index (χ2v) is 14.0. The van der Waals surface area contributed by atoms with E-state index >= 15 is 0 Å². The number of fused-ring (bicyclic) bond motifs is 9. The molecule has 0 spiro atoms. The van der Waals surface area contributed by atoms with Crippen molar-refractivity contribution in [3.8, 4) is 40.3 Å². The quantitative estimate of drug-likeness (QED) is 0.184. The fraction of sp³-hybridized carbons (Fsp3) is 0. The molecule has 0 fully saturated rings. The van der Waals surface area contributed by atoms with Gasteiger partial charge in [-0.05, 0) is 77.9 Å². The van der Waals surface area contributed by atoms with Crippen molar-refractivity contribution in [3.63, 3.8) is 0 Å². The number of rotatable bonds is 4. The topological polar surface area (TPSA) is 62.4 Å². The Morgan fingerprint density at radius 3 is 1.31 bits per heavy atom. The summed E-state index contributed by atoms with van der Waals surface area (Å²) in [6.45, 7) is 0. The fourth-order valence-corrected chi connectivity index (χ4v) is 8.74. The molecule has 3 heterocycles. The minimum Gasteiger partial charge on any atom is -0.309 e. The van der Waals surface area contributed by atoms with Gasteiger partial charge in [0, 0.05) is 38.0 Å². The van der Waals surface area contributed by atoms with Gasteiger partial charge in [0.05, 0.1) is 56.1 Å². The van der Waals surface area contributed by atoms with E-state index in [0.29, 0.717) is 22.5 Å². The first kappa shape index (κ1) is 30.7. The third-order valence-electron chi connectivity index (χ3n) is 11.1. The summed E-state index contributed by atoms with van der Waals surface area (Å²) in [4.78, 5) is 0. The summed E-state index contributed by atoms with van der Waals surface area (Å²) in [6, 6.07) is 65.9. The number of benzene rings is 8. The number of para-hydroxylation sites is 5. The Hall–Kier alpha value is -7.86. The number of nitriles is 2. The molecule has 0 unspecified atom stereocenters. The van der Waals surface area contributed by atoms with Crippen molar-refractivity contribution >= 4 is 65.4 Å². The van der Waals surface area contributed by atoms with Gasteiger partial charge in [0.2, 0.25) is 0 Å². The molecule has 55 heavy (non-hydrogen) atoms. The zero-order valence-corrected chi connectivity index (χ0v) is 29.5. The van der Waals surface area contributed by atoms with Crippen LogP contribution in [0.2, 0.25) is 0 Å². The maximum Gasteiger partial charge on any atom is 0.104 e. The molecule has 11 aromatic rings. The van der Waals surface area contributed by atoms with E-state index in [1.807, 2.05) is 42.5 Å². The van der Waals surface area contributed by atoms with Crippen molar-refractivity contribution in [2.45, 2.75) is 0 Å². The summed E-state index contributed by atoms with van der Waals surface area (Å²) in [5.74, 6) is 0. The molecule has 0 aliphatic carbocycles. The summed E-state index contributed by atoms with van der Waals surface area (Å²) in [5, 5.41) is 28.2. The van der Waals surface area contributed by atoms with Crippen molar-refractivity contribution in [1.29, 1.82) is 10.5 Å². The van der Waals surface area contributed by atoms with Gasteiger partial charge in [0.1, 0.15) is 11.6 Å². The lowest BCUT2D eigenvalue weighted by atomic mass is 10.0. The van der Waals surface area contributed by atoms with Gasteiger partial charge < -0.3 is 13.7 Å². The van der Waals surface area contributed by atoms with Crippen LogP contribution in [0.15, 0.2) is 176 Å².